The van der Waals surface area contributed by atoms with Crippen LogP contribution < -0.4 is 14.8 Å². The van der Waals surface area contributed by atoms with Gasteiger partial charge in [0.05, 0.1) is 7.11 Å². The van der Waals surface area contributed by atoms with Crippen LogP contribution in [0.2, 0.25) is 5.02 Å². The van der Waals surface area contributed by atoms with Crippen LogP contribution in [0.1, 0.15) is 16.7 Å². The summed E-state index contributed by atoms with van der Waals surface area (Å²) in [6, 6.07) is 20.2. The van der Waals surface area contributed by atoms with Crippen molar-refractivity contribution in [1.82, 2.24) is 0 Å². The SMILES string of the molecule is COc1cc(/C=C(/C#N)C(=O)Nc2ccccc2C)c(Br)cc1OCc1ccccc1Cl. The Balaban J connectivity index is 1.84. The Kier molecular flexibility index (Phi) is 7.93. The van der Waals surface area contributed by atoms with Crippen LogP contribution in [0, 0.1) is 18.3 Å². The molecule has 0 fully saturated rings. The molecule has 0 saturated heterocycles. The van der Waals surface area contributed by atoms with Crippen molar-refractivity contribution in [2.45, 2.75) is 13.5 Å². The van der Waals surface area contributed by atoms with Crippen molar-refractivity contribution in [3.63, 3.8) is 0 Å². The molecule has 0 spiro atoms. The van der Waals surface area contributed by atoms with Gasteiger partial charge < -0.3 is 14.8 Å². The van der Waals surface area contributed by atoms with E-state index in [1.54, 1.807) is 24.3 Å². The Morgan fingerprint density at radius 3 is 2.56 bits per heavy atom. The molecule has 5 nitrogen and oxygen atoms in total. The number of nitriles is 1. The third kappa shape index (κ3) is 5.70. The molecule has 3 aromatic carbocycles. The van der Waals surface area contributed by atoms with Gasteiger partial charge in [0.15, 0.2) is 11.5 Å². The molecule has 0 bridgehead atoms. The molecule has 162 valence electrons. The van der Waals surface area contributed by atoms with Gasteiger partial charge in [-0.15, -0.1) is 0 Å². The number of rotatable bonds is 7. The lowest BCUT2D eigenvalue weighted by Gasteiger charge is -2.14. The summed E-state index contributed by atoms with van der Waals surface area (Å²) in [7, 11) is 1.52. The molecule has 32 heavy (non-hydrogen) atoms. The summed E-state index contributed by atoms with van der Waals surface area (Å²) in [5.41, 5.74) is 2.96. The van der Waals surface area contributed by atoms with E-state index in [2.05, 4.69) is 21.2 Å². The molecule has 0 radical (unpaired) electrons. The number of hydrogen-bond acceptors (Lipinski definition) is 4. The van der Waals surface area contributed by atoms with Gasteiger partial charge in [0.1, 0.15) is 18.2 Å². The average molecular weight is 512 g/mol. The number of aryl methyl sites for hydroxylation is 1. The average Bonchev–Trinajstić information content (AvgIpc) is 2.79. The quantitative estimate of drug-likeness (QED) is 0.289. The highest BCUT2D eigenvalue weighted by molar-refractivity contribution is 9.10. The van der Waals surface area contributed by atoms with E-state index in [1.807, 2.05) is 49.4 Å². The van der Waals surface area contributed by atoms with Gasteiger partial charge in [-0.25, -0.2) is 0 Å². The van der Waals surface area contributed by atoms with E-state index in [0.29, 0.717) is 32.2 Å². The number of carbonyl (C=O) groups is 1. The lowest BCUT2D eigenvalue weighted by Crippen LogP contribution is -2.14. The molecule has 0 saturated carbocycles. The number of carbonyl (C=O) groups excluding carboxylic acids is 1. The molecule has 0 unspecified atom stereocenters. The van der Waals surface area contributed by atoms with Crippen LogP contribution in [-0.4, -0.2) is 13.0 Å². The second-order valence-corrected chi connectivity index (χ2v) is 8.11. The first kappa shape index (κ1) is 23.4. The zero-order valence-corrected chi connectivity index (χ0v) is 19.8. The number of hydrogen-bond donors (Lipinski definition) is 1. The smallest absolute Gasteiger partial charge is 0.266 e. The van der Waals surface area contributed by atoms with Gasteiger partial charge in [0.2, 0.25) is 0 Å². The van der Waals surface area contributed by atoms with Crippen molar-refractivity contribution in [2.75, 3.05) is 12.4 Å². The summed E-state index contributed by atoms with van der Waals surface area (Å²) in [6.07, 6.45) is 1.50. The lowest BCUT2D eigenvalue weighted by molar-refractivity contribution is -0.112. The minimum absolute atomic E-state index is 0.0410. The fourth-order valence-corrected chi connectivity index (χ4v) is 3.54. The molecule has 0 aliphatic heterocycles. The van der Waals surface area contributed by atoms with Crippen LogP contribution >= 0.6 is 27.5 Å². The maximum absolute atomic E-state index is 12.6. The van der Waals surface area contributed by atoms with E-state index >= 15 is 0 Å². The van der Waals surface area contributed by atoms with E-state index in [-0.39, 0.29) is 12.2 Å². The largest absolute Gasteiger partial charge is 0.493 e. The number of nitrogens with zero attached hydrogens (tertiary/aromatic N) is 1. The first-order valence-corrected chi connectivity index (χ1v) is 10.8. The number of halogens is 2. The molecule has 0 aromatic heterocycles. The predicted octanol–water partition coefficient (Wildman–Crippen LogP) is 6.54. The van der Waals surface area contributed by atoms with Crippen molar-refractivity contribution >= 4 is 45.2 Å². The predicted molar refractivity (Wildman–Crippen MR) is 130 cm³/mol. The highest BCUT2D eigenvalue weighted by Gasteiger charge is 2.15. The molecule has 3 rings (SSSR count). The molecular weight excluding hydrogens is 492 g/mol. The van der Waals surface area contributed by atoms with Crippen molar-refractivity contribution in [1.29, 1.82) is 5.26 Å². The van der Waals surface area contributed by atoms with Crippen LogP contribution in [0.4, 0.5) is 5.69 Å². The number of amides is 1. The van der Waals surface area contributed by atoms with Gasteiger partial charge in [0, 0.05) is 20.7 Å². The van der Waals surface area contributed by atoms with Crippen molar-refractivity contribution in [3.05, 3.63) is 92.4 Å². The minimum Gasteiger partial charge on any atom is -0.493 e. The fourth-order valence-electron chi connectivity index (χ4n) is 2.91. The Morgan fingerprint density at radius 2 is 1.88 bits per heavy atom. The monoisotopic (exact) mass is 510 g/mol. The molecule has 0 heterocycles. The van der Waals surface area contributed by atoms with Gasteiger partial charge >= 0.3 is 0 Å². The van der Waals surface area contributed by atoms with E-state index in [0.717, 1.165) is 11.1 Å². The molecule has 0 aliphatic rings. The van der Waals surface area contributed by atoms with E-state index < -0.39 is 5.91 Å². The van der Waals surface area contributed by atoms with Gasteiger partial charge in [-0.1, -0.05) is 63.9 Å². The van der Waals surface area contributed by atoms with Crippen molar-refractivity contribution in [3.8, 4) is 17.6 Å². The molecule has 1 N–H and O–H groups in total. The summed E-state index contributed by atoms with van der Waals surface area (Å²) >= 11 is 9.68. The zero-order chi connectivity index (χ0) is 23.1. The Hall–Kier alpha value is -3.27. The molecule has 0 aliphatic carbocycles. The van der Waals surface area contributed by atoms with E-state index in [9.17, 15) is 10.1 Å². The van der Waals surface area contributed by atoms with Gasteiger partial charge in [-0.2, -0.15) is 5.26 Å². The second kappa shape index (κ2) is 10.9. The zero-order valence-electron chi connectivity index (χ0n) is 17.5. The highest BCUT2D eigenvalue weighted by atomic mass is 79.9. The third-order valence-corrected chi connectivity index (χ3v) is 5.74. The molecule has 0 atom stereocenters. The van der Waals surface area contributed by atoms with Gasteiger partial charge in [-0.3, -0.25) is 4.79 Å². The van der Waals surface area contributed by atoms with Crippen LogP contribution in [0.15, 0.2) is 70.7 Å². The fraction of sp³-hybridized carbons (Fsp3) is 0.120. The Morgan fingerprint density at radius 1 is 1.16 bits per heavy atom. The van der Waals surface area contributed by atoms with Gasteiger partial charge in [-0.05, 0) is 48.4 Å². The summed E-state index contributed by atoms with van der Waals surface area (Å²) in [5.74, 6) is 0.467. The second-order valence-electron chi connectivity index (χ2n) is 6.84. The van der Waals surface area contributed by atoms with E-state index in [1.165, 1.54) is 13.2 Å². The van der Waals surface area contributed by atoms with Crippen molar-refractivity contribution < 1.29 is 14.3 Å². The topological polar surface area (TPSA) is 71.3 Å². The van der Waals surface area contributed by atoms with E-state index in [4.69, 9.17) is 21.1 Å². The number of para-hydroxylation sites is 1. The lowest BCUT2D eigenvalue weighted by atomic mass is 10.1. The maximum Gasteiger partial charge on any atom is 0.266 e. The van der Waals surface area contributed by atoms with Crippen LogP contribution in [-0.2, 0) is 11.4 Å². The Labute approximate surface area is 200 Å². The molecule has 7 heteroatoms. The number of nitrogens with one attached hydrogen (secondary N) is 1. The standard InChI is InChI=1S/C25H20BrClN2O3/c1-16-7-3-6-10-22(16)29-25(30)19(14-28)11-18-12-23(31-2)24(13-20(18)26)32-15-17-8-4-5-9-21(17)27/h3-13H,15H2,1-2H3,(H,29,30)/b19-11-. The maximum atomic E-state index is 12.6. The van der Waals surface area contributed by atoms with Gasteiger partial charge in [0.25, 0.3) is 5.91 Å². The number of anilines is 1. The number of methoxy groups -OCH3 is 1. The Bertz CT molecular complexity index is 1220. The first-order chi connectivity index (χ1) is 15.4. The molecule has 1 amide bonds. The summed E-state index contributed by atoms with van der Waals surface area (Å²) in [6.45, 7) is 2.15. The summed E-state index contributed by atoms with van der Waals surface area (Å²) < 4.78 is 12.0. The van der Waals surface area contributed by atoms with Crippen molar-refractivity contribution in [2.24, 2.45) is 0 Å². The summed E-state index contributed by atoms with van der Waals surface area (Å²) in [4.78, 5) is 12.6. The molecule has 3 aromatic rings. The number of ether oxygens (including phenoxy) is 2. The third-order valence-electron chi connectivity index (χ3n) is 4.68. The minimum atomic E-state index is -0.494. The normalized spacial score (nSPS) is 10.9. The van der Waals surface area contributed by atoms with Crippen LogP contribution in [0.3, 0.4) is 0 Å². The number of benzene rings is 3. The first-order valence-electron chi connectivity index (χ1n) is 9.65. The summed E-state index contributed by atoms with van der Waals surface area (Å²) in [5, 5.41) is 12.9. The molecular formula is C25H20BrClN2O3. The van der Waals surface area contributed by atoms with Crippen LogP contribution in [0.25, 0.3) is 6.08 Å². The van der Waals surface area contributed by atoms with Crippen LogP contribution in [0.5, 0.6) is 11.5 Å². The highest BCUT2D eigenvalue weighted by Crippen LogP contribution is 2.35.